The summed E-state index contributed by atoms with van der Waals surface area (Å²) in [6.45, 7) is 6.89. The van der Waals surface area contributed by atoms with Crippen LogP contribution in [0, 0.1) is 17.0 Å². The highest BCUT2D eigenvalue weighted by Gasteiger charge is 2.14. The van der Waals surface area contributed by atoms with E-state index in [4.69, 9.17) is 16.3 Å². The summed E-state index contributed by atoms with van der Waals surface area (Å²) >= 11 is 6.10. The molecule has 0 atom stereocenters. The van der Waals surface area contributed by atoms with Gasteiger partial charge in [-0.3, -0.25) is 15.0 Å². The van der Waals surface area contributed by atoms with Crippen molar-refractivity contribution in [3.05, 3.63) is 32.8 Å². The molecule has 1 N–H and O–H groups in total. The van der Waals surface area contributed by atoms with Gasteiger partial charge in [0.25, 0.3) is 5.69 Å². The molecular weight excluding hydrogens is 282 g/mol. The second-order valence-electron chi connectivity index (χ2n) is 4.76. The van der Waals surface area contributed by atoms with Gasteiger partial charge in [0, 0.05) is 38.3 Å². The molecule has 1 aliphatic rings. The third-order valence-electron chi connectivity index (χ3n) is 3.32. The van der Waals surface area contributed by atoms with Crippen LogP contribution in [0.2, 0.25) is 5.02 Å². The van der Waals surface area contributed by atoms with Crippen molar-refractivity contribution >= 4 is 23.0 Å². The maximum absolute atomic E-state index is 10.7. The van der Waals surface area contributed by atoms with Crippen molar-refractivity contribution in [1.29, 1.82) is 0 Å². The van der Waals surface area contributed by atoms with E-state index in [-0.39, 0.29) is 5.69 Å². The van der Waals surface area contributed by atoms with Crippen molar-refractivity contribution in [2.75, 3.05) is 44.7 Å². The Labute approximate surface area is 122 Å². The van der Waals surface area contributed by atoms with Crippen LogP contribution < -0.4 is 5.32 Å². The molecule has 1 fully saturated rings. The van der Waals surface area contributed by atoms with Crippen molar-refractivity contribution in [3.8, 4) is 0 Å². The molecule has 0 amide bonds. The van der Waals surface area contributed by atoms with Crippen molar-refractivity contribution in [2.45, 2.75) is 6.92 Å². The van der Waals surface area contributed by atoms with Crippen LogP contribution in [-0.4, -0.2) is 49.2 Å². The number of benzene rings is 1. The number of non-ortho nitro benzene ring substituents is 1. The lowest BCUT2D eigenvalue weighted by atomic mass is 10.1. The lowest BCUT2D eigenvalue weighted by molar-refractivity contribution is -0.384. The van der Waals surface area contributed by atoms with Crippen LogP contribution in [0.1, 0.15) is 5.56 Å². The molecule has 1 aromatic rings. The van der Waals surface area contributed by atoms with E-state index >= 15 is 0 Å². The monoisotopic (exact) mass is 299 g/mol. The highest BCUT2D eigenvalue weighted by atomic mass is 35.5. The average molecular weight is 300 g/mol. The largest absolute Gasteiger partial charge is 0.382 e. The molecule has 1 aromatic carbocycles. The van der Waals surface area contributed by atoms with Crippen LogP contribution in [0.4, 0.5) is 11.4 Å². The van der Waals surface area contributed by atoms with Crippen molar-refractivity contribution in [1.82, 2.24) is 4.90 Å². The number of nitrogens with zero attached hydrogens (tertiary/aromatic N) is 2. The predicted octanol–water partition coefficient (Wildman–Crippen LogP) is 2.30. The fourth-order valence-electron chi connectivity index (χ4n) is 2.22. The summed E-state index contributed by atoms with van der Waals surface area (Å²) in [6.07, 6.45) is 0. The number of morpholine rings is 1. The highest BCUT2D eigenvalue weighted by Crippen LogP contribution is 2.30. The number of nitro groups is 1. The van der Waals surface area contributed by atoms with E-state index in [0.29, 0.717) is 5.02 Å². The van der Waals surface area contributed by atoms with Gasteiger partial charge in [0.05, 0.1) is 28.8 Å². The van der Waals surface area contributed by atoms with Gasteiger partial charge in [0.2, 0.25) is 0 Å². The zero-order chi connectivity index (χ0) is 14.5. The molecule has 0 saturated carbocycles. The van der Waals surface area contributed by atoms with Gasteiger partial charge < -0.3 is 10.1 Å². The molecule has 6 nitrogen and oxygen atoms in total. The number of nitro benzene ring substituents is 1. The van der Waals surface area contributed by atoms with Gasteiger partial charge in [-0.15, -0.1) is 0 Å². The second-order valence-corrected chi connectivity index (χ2v) is 5.16. The fraction of sp³-hybridized carbons (Fsp3) is 0.538. The molecule has 20 heavy (non-hydrogen) atoms. The minimum atomic E-state index is -0.434. The molecule has 1 heterocycles. The third kappa shape index (κ3) is 3.82. The maximum atomic E-state index is 10.7. The number of aryl methyl sites for hydroxylation is 1. The Morgan fingerprint density at radius 3 is 2.75 bits per heavy atom. The fourth-order valence-corrected chi connectivity index (χ4v) is 2.55. The van der Waals surface area contributed by atoms with Crippen molar-refractivity contribution in [2.24, 2.45) is 0 Å². The lowest BCUT2D eigenvalue weighted by Crippen LogP contribution is -2.39. The summed E-state index contributed by atoms with van der Waals surface area (Å²) < 4.78 is 5.29. The Kier molecular flexibility index (Phi) is 5.17. The molecule has 0 unspecified atom stereocenters. The van der Waals surface area contributed by atoms with Crippen LogP contribution in [0.3, 0.4) is 0 Å². The number of hydrogen-bond donors (Lipinski definition) is 1. The molecule has 0 aliphatic carbocycles. The first-order valence-corrected chi connectivity index (χ1v) is 6.94. The van der Waals surface area contributed by atoms with Gasteiger partial charge in [-0.2, -0.15) is 0 Å². The normalized spacial score (nSPS) is 16.1. The lowest BCUT2D eigenvalue weighted by Gasteiger charge is -2.26. The van der Waals surface area contributed by atoms with Crippen LogP contribution in [0.15, 0.2) is 12.1 Å². The van der Waals surface area contributed by atoms with Gasteiger partial charge in [-0.05, 0) is 12.5 Å². The summed E-state index contributed by atoms with van der Waals surface area (Å²) in [5, 5.41) is 14.4. The van der Waals surface area contributed by atoms with Crippen LogP contribution >= 0.6 is 11.6 Å². The van der Waals surface area contributed by atoms with Crippen LogP contribution in [0.25, 0.3) is 0 Å². The molecule has 1 saturated heterocycles. The van der Waals surface area contributed by atoms with E-state index in [2.05, 4.69) is 10.2 Å². The number of hydrogen-bond acceptors (Lipinski definition) is 5. The maximum Gasteiger partial charge on any atom is 0.271 e. The quantitative estimate of drug-likeness (QED) is 0.667. The Hall–Kier alpha value is -1.37. The van der Waals surface area contributed by atoms with Gasteiger partial charge in [-0.1, -0.05) is 11.6 Å². The van der Waals surface area contributed by atoms with E-state index in [1.54, 1.807) is 0 Å². The zero-order valence-corrected chi connectivity index (χ0v) is 12.2. The number of halogens is 1. The van der Waals surface area contributed by atoms with E-state index in [1.165, 1.54) is 12.1 Å². The number of nitrogens with one attached hydrogen (secondary N) is 1. The van der Waals surface area contributed by atoms with Crippen LogP contribution in [-0.2, 0) is 4.74 Å². The Morgan fingerprint density at radius 1 is 1.45 bits per heavy atom. The number of anilines is 1. The summed E-state index contributed by atoms with van der Waals surface area (Å²) in [4.78, 5) is 12.6. The molecule has 1 aliphatic heterocycles. The SMILES string of the molecule is Cc1cc([N+](=O)[O-])cc(Cl)c1NCCN1CCOCC1. The minimum absolute atomic E-state index is 0.0197. The Morgan fingerprint density at radius 2 is 2.15 bits per heavy atom. The van der Waals surface area contributed by atoms with Crippen molar-refractivity contribution in [3.63, 3.8) is 0 Å². The van der Waals surface area contributed by atoms with Gasteiger partial charge in [-0.25, -0.2) is 0 Å². The van der Waals surface area contributed by atoms with E-state index < -0.39 is 4.92 Å². The molecule has 0 aromatic heterocycles. The Bertz CT molecular complexity index is 467. The second kappa shape index (κ2) is 6.88. The molecule has 0 radical (unpaired) electrons. The summed E-state index contributed by atoms with van der Waals surface area (Å²) in [6, 6.07) is 2.91. The number of rotatable bonds is 5. The first-order chi connectivity index (χ1) is 9.58. The van der Waals surface area contributed by atoms with E-state index in [1.807, 2.05) is 6.92 Å². The molecule has 0 bridgehead atoms. The summed E-state index contributed by atoms with van der Waals surface area (Å²) in [5.41, 5.74) is 1.57. The standard InChI is InChI=1S/C13H18ClN3O3/c1-10-8-11(17(18)19)9-12(14)13(10)15-2-3-16-4-6-20-7-5-16/h8-9,15H,2-7H2,1H3. The smallest absolute Gasteiger partial charge is 0.271 e. The topological polar surface area (TPSA) is 67.6 Å². The molecule has 0 spiro atoms. The first kappa shape index (κ1) is 15.0. The molecule has 2 rings (SSSR count). The predicted molar refractivity (Wildman–Crippen MR) is 78.6 cm³/mol. The average Bonchev–Trinajstić information content (AvgIpc) is 2.42. The summed E-state index contributed by atoms with van der Waals surface area (Å²) in [7, 11) is 0. The highest BCUT2D eigenvalue weighted by molar-refractivity contribution is 6.33. The van der Waals surface area contributed by atoms with Crippen molar-refractivity contribution < 1.29 is 9.66 Å². The van der Waals surface area contributed by atoms with Crippen LogP contribution in [0.5, 0.6) is 0 Å². The molecule has 110 valence electrons. The van der Waals surface area contributed by atoms with E-state index in [9.17, 15) is 10.1 Å². The van der Waals surface area contributed by atoms with Gasteiger partial charge in [0.1, 0.15) is 0 Å². The minimum Gasteiger partial charge on any atom is -0.382 e. The van der Waals surface area contributed by atoms with E-state index in [0.717, 1.165) is 50.6 Å². The summed E-state index contributed by atoms with van der Waals surface area (Å²) in [5.74, 6) is 0. The molecule has 7 heteroatoms. The Balaban J connectivity index is 1.93. The molecular formula is C13H18ClN3O3. The van der Waals surface area contributed by atoms with Gasteiger partial charge in [0.15, 0.2) is 0 Å². The third-order valence-corrected chi connectivity index (χ3v) is 3.61. The van der Waals surface area contributed by atoms with Gasteiger partial charge >= 0.3 is 0 Å². The zero-order valence-electron chi connectivity index (χ0n) is 11.4. The number of ether oxygens (including phenoxy) is 1. The first-order valence-electron chi connectivity index (χ1n) is 6.56.